The van der Waals surface area contributed by atoms with Crippen LogP contribution in [0.25, 0.3) is 11.3 Å². The van der Waals surface area contributed by atoms with Gasteiger partial charge in [-0.3, -0.25) is 9.59 Å². The Morgan fingerprint density at radius 2 is 1.56 bits per heavy atom. The van der Waals surface area contributed by atoms with E-state index in [-0.39, 0.29) is 17.6 Å². The molecular weight excluding hydrogens is 474 g/mol. The lowest BCUT2D eigenvalue weighted by molar-refractivity contribution is -0.136. The molecule has 8 heteroatoms. The van der Waals surface area contributed by atoms with Gasteiger partial charge in [-0.2, -0.15) is 0 Å². The molecule has 186 valence electrons. The Balaban J connectivity index is 1.17. The fourth-order valence-electron chi connectivity index (χ4n) is 5.01. The van der Waals surface area contributed by atoms with Crippen molar-refractivity contribution in [1.29, 1.82) is 0 Å². The number of hydrogen-bond acceptors (Lipinski definition) is 6. The number of piperazine rings is 1. The molecule has 0 aliphatic carbocycles. The van der Waals surface area contributed by atoms with Crippen LogP contribution in [-0.2, 0) is 4.79 Å². The highest BCUT2D eigenvalue weighted by atomic mass is 35.5. The third-order valence-corrected chi connectivity index (χ3v) is 7.37. The number of halogens is 1. The topological polar surface area (TPSA) is 69.6 Å². The van der Waals surface area contributed by atoms with Crippen LogP contribution in [0.2, 0.25) is 5.02 Å². The van der Waals surface area contributed by atoms with Crippen LogP contribution < -0.4 is 9.80 Å². The van der Waals surface area contributed by atoms with Gasteiger partial charge in [-0.25, -0.2) is 0 Å². The van der Waals surface area contributed by atoms with Crippen molar-refractivity contribution in [3.8, 4) is 11.3 Å². The molecule has 3 heterocycles. The maximum Gasteiger partial charge on any atom is 0.227 e. The zero-order chi connectivity index (χ0) is 25.1. The molecule has 2 aliphatic rings. The van der Waals surface area contributed by atoms with Crippen molar-refractivity contribution in [3.05, 3.63) is 71.2 Å². The summed E-state index contributed by atoms with van der Waals surface area (Å²) in [4.78, 5) is 31.3. The first-order valence-corrected chi connectivity index (χ1v) is 12.8. The third-order valence-electron chi connectivity index (χ3n) is 7.12. The van der Waals surface area contributed by atoms with Crippen LogP contribution in [-0.4, -0.2) is 66.1 Å². The summed E-state index contributed by atoms with van der Waals surface area (Å²) in [6, 6.07) is 19.2. The van der Waals surface area contributed by atoms with E-state index in [1.165, 1.54) is 0 Å². The summed E-state index contributed by atoms with van der Waals surface area (Å²) in [7, 11) is 0. The normalized spacial score (nSPS) is 18.3. The Morgan fingerprint density at radius 3 is 2.19 bits per heavy atom. The van der Waals surface area contributed by atoms with E-state index in [9.17, 15) is 9.59 Å². The fourth-order valence-corrected chi connectivity index (χ4v) is 5.13. The van der Waals surface area contributed by atoms with Gasteiger partial charge < -0.3 is 14.7 Å². The molecule has 2 saturated heterocycles. The molecule has 0 saturated carbocycles. The van der Waals surface area contributed by atoms with Crippen molar-refractivity contribution in [2.45, 2.75) is 19.8 Å². The number of carbonyl (C=O) groups excluding carboxylic acids is 2. The zero-order valence-electron chi connectivity index (χ0n) is 20.4. The van der Waals surface area contributed by atoms with Crippen LogP contribution >= 0.6 is 11.6 Å². The molecule has 5 rings (SSSR count). The number of carbonyl (C=O) groups is 2. The maximum atomic E-state index is 13.4. The van der Waals surface area contributed by atoms with Gasteiger partial charge in [-0.15, -0.1) is 10.2 Å². The second-order valence-electron chi connectivity index (χ2n) is 9.48. The number of rotatable bonds is 5. The standard InChI is InChI=1S/C28H30ClN5O2/c1-20(35)21-6-10-25(11-7-21)32-15-17-33(18-16-32)28(36)23-3-2-14-34(19-23)27-13-12-26(30-31-27)22-4-8-24(29)9-5-22/h4-13,23H,2-3,14-19H2,1H3. The van der Waals surface area contributed by atoms with Crippen molar-refractivity contribution < 1.29 is 9.59 Å². The number of amides is 1. The van der Waals surface area contributed by atoms with Gasteiger partial charge in [0.2, 0.25) is 5.91 Å². The van der Waals surface area contributed by atoms with Crippen LogP contribution in [0.15, 0.2) is 60.7 Å². The molecule has 1 aromatic heterocycles. The second kappa shape index (κ2) is 10.7. The van der Waals surface area contributed by atoms with E-state index in [0.717, 1.165) is 60.8 Å². The van der Waals surface area contributed by atoms with Crippen molar-refractivity contribution in [2.75, 3.05) is 49.1 Å². The number of piperidine rings is 1. The van der Waals surface area contributed by atoms with E-state index >= 15 is 0 Å². The molecule has 1 amide bonds. The van der Waals surface area contributed by atoms with E-state index < -0.39 is 0 Å². The molecule has 3 aromatic rings. The molecular formula is C28H30ClN5O2. The monoisotopic (exact) mass is 503 g/mol. The van der Waals surface area contributed by atoms with E-state index in [0.29, 0.717) is 24.7 Å². The van der Waals surface area contributed by atoms with Gasteiger partial charge in [0.25, 0.3) is 0 Å². The number of hydrogen-bond donors (Lipinski definition) is 0. The van der Waals surface area contributed by atoms with Gasteiger partial charge in [-0.1, -0.05) is 23.7 Å². The molecule has 7 nitrogen and oxygen atoms in total. The average Bonchev–Trinajstić information content (AvgIpc) is 2.93. The van der Waals surface area contributed by atoms with E-state index in [1.807, 2.05) is 65.6 Å². The minimum Gasteiger partial charge on any atom is -0.368 e. The van der Waals surface area contributed by atoms with Gasteiger partial charge in [0.1, 0.15) is 0 Å². The first-order valence-electron chi connectivity index (χ1n) is 12.5. The van der Waals surface area contributed by atoms with Gasteiger partial charge in [0, 0.05) is 61.1 Å². The number of ketones is 1. The lowest BCUT2D eigenvalue weighted by atomic mass is 9.96. The predicted molar refractivity (Wildman–Crippen MR) is 143 cm³/mol. The molecule has 1 unspecified atom stereocenters. The Bertz CT molecular complexity index is 1210. The lowest BCUT2D eigenvalue weighted by Crippen LogP contribution is -2.52. The minimum atomic E-state index is -0.0297. The maximum absolute atomic E-state index is 13.4. The summed E-state index contributed by atoms with van der Waals surface area (Å²) >= 11 is 5.98. The van der Waals surface area contributed by atoms with Crippen molar-refractivity contribution >= 4 is 34.8 Å². The Hall–Kier alpha value is -3.45. The van der Waals surface area contributed by atoms with E-state index in [4.69, 9.17) is 11.6 Å². The molecule has 0 N–H and O–H groups in total. The second-order valence-corrected chi connectivity index (χ2v) is 9.92. The predicted octanol–water partition coefficient (Wildman–Crippen LogP) is 4.56. The number of aromatic nitrogens is 2. The third kappa shape index (κ3) is 5.36. The van der Waals surface area contributed by atoms with E-state index in [2.05, 4.69) is 20.0 Å². The molecule has 2 aromatic carbocycles. The van der Waals surface area contributed by atoms with Crippen LogP contribution in [0.4, 0.5) is 11.5 Å². The number of nitrogens with zero attached hydrogens (tertiary/aromatic N) is 5. The SMILES string of the molecule is CC(=O)c1ccc(N2CCN(C(=O)C3CCCN(c4ccc(-c5ccc(Cl)cc5)nn4)C3)CC2)cc1. The van der Waals surface area contributed by atoms with Crippen LogP contribution in [0.3, 0.4) is 0 Å². The molecule has 36 heavy (non-hydrogen) atoms. The smallest absolute Gasteiger partial charge is 0.227 e. The first kappa shape index (κ1) is 24.3. The fraction of sp³-hybridized carbons (Fsp3) is 0.357. The quantitative estimate of drug-likeness (QED) is 0.475. The molecule has 2 fully saturated rings. The Morgan fingerprint density at radius 1 is 0.833 bits per heavy atom. The molecule has 0 bridgehead atoms. The summed E-state index contributed by atoms with van der Waals surface area (Å²) in [6.45, 7) is 6.12. The minimum absolute atomic E-state index is 0.0297. The Labute approximate surface area is 216 Å². The number of benzene rings is 2. The van der Waals surface area contributed by atoms with E-state index in [1.54, 1.807) is 6.92 Å². The number of anilines is 2. The van der Waals surface area contributed by atoms with Crippen molar-refractivity contribution in [1.82, 2.24) is 15.1 Å². The highest BCUT2D eigenvalue weighted by molar-refractivity contribution is 6.30. The van der Waals surface area contributed by atoms with Gasteiger partial charge in [0.15, 0.2) is 11.6 Å². The van der Waals surface area contributed by atoms with Gasteiger partial charge >= 0.3 is 0 Å². The zero-order valence-corrected chi connectivity index (χ0v) is 21.2. The average molecular weight is 504 g/mol. The molecule has 2 aliphatic heterocycles. The van der Waals surface area contributed by atoms with Crippen LogP contribution in [0.5, 0.6) is 0 Å². The summed E-state index contributed by atoms with van der Waals surface area (Å²) in [6.07, 6.45) is 1.86. The number of Topliss-reactive ketones (excluding diaryl/α,β-unsaturated/α-hetero) is 1. The molecule has 0 spiro atoms. The van der Waals surface area contributed by atoms with Crippen LogP contribution in [0, 0.1) is 5.92 Å². The highest BCUT2D eigenvalue weighted by Crippen LogP contribution is 2.26. The van der Waals surface area contributed by atoms with Gasteiger partial charge in [-0.05, 0) is 68.3 Å². The summed E-state index contributed by atoms with van der Waals surface area (Å²) in [5, 5.41) is 9.56. The first-order chi connectivity index (χ1) is 17.5. The highest BCUT2D eigenvalue weighted by Gasteiger charge is 2.31. The van der Waals surface area contributed by atoms with Crippen LogP contribution in [0.1, 0.15) is 30.1 Å². The summed E-state index contributed by atoms with van der Waals surface area (Å²) in [5.41, 5.74) is 3.59. The van der Waals surface area contributed by atoms with Crippen molar-refractivity contribution in [3.63, 3.8) is 0 Å². The summed E-state index contributed by atoms with van der Waals surface area (Å²) < 4.78 is 0. The summed E-state index contributed by atoms with van der Waals surface area (Å²) in [5.74, 6) is 1.08. The van der Waals surface area contributed by atoms with Gasteiger partial charge in [0.05, 0.1) is 11.6 Å². The molecule has 0 radical (unpaired) electrons. The van der Waals surface area contributed by atoms with Crippen molar-refractivity contribution in [2.24, 2.45) is 5.92 Å². The largest absolute Gasteiger partial charge is 0.368 e. The molecule has 1 atom stereocenters. The Kier molecular flexibility index (Phi) is 7.18. The lowest BCUT2D eigenvalue weighted by Gasteiger charge is -2.40.